The average Bonchev–Trinajstić information content (AvgIpc) is 2.17. The van der Waals surface area contributed by atoms with E-state index in [2.05, 4.69) is 15.9 Å². The lowest BCUT2D eigenvalue weighted by Gasteiger charge is -2.21. The van der Waals surface area contributed by atoms with Gasteiger partial charge in [-0.25, -0.2) is 5.90 Å². The molecule has 5 nitrogen and oxygen atoms in total. The molecule has 0 amide bonds. The molecule has 0 spiro atoms. The van der Waals surface area contributed by atoms with Gasteiger partial charge in [-0.3, -0.25) is 15.0 Å². The first-order valence-corrected chi connectivity index (χ1v) is 5.00. The Morgan fingerprint density at radius 2 is 2.13 bits per heavy atom. The Morgan fingerprint density at radius 3 is 2.60 bits per heavy atom. The summed E-state index contributed by atoms with van der Waals surface area (Å²) in [6, 6.07) is 4.77. The second kappa shape index (κ2) is 4.26. The highest BCUT2D eigenvalue weighted by molar-refractivity contribution is 9.10. The maximum absolute atomic E-state index is 10.7. The van der Waals surface area contributed by atoms with Crippen LogP contribution < -0.4 is 5.90 Å². The molecule has 0 aliphatic heterocycles. The third kappa shape index (κ3) is 2.53. The van der Waals surface area contributed by atoms with Gasteiger partial charge in [-0.05, 0) is 41.4 Å². The van der Waals surface area contributed by atoms with Crippen molar-refractivity contribution < 1.29 is 9.76 Å². The molecule has 1 aromatic rings. The zero-order chi connectivity index (χ0) is 11.6. The van der Waals surface area contributed by atoms with Crippen molar-refractivity contribution in [2.75, 3.05) is 0 Å². The topological polar surface area (TPSA) is 78.4 Å². The van der Waals surface area contributed by atoms with Crippen LogP contribution in [0.2, 0.25) is 0 Å². The van der Waals surface area contributed by atoms with Gasteiger partial charge in [0.15, 0.2) is 0 Å². The van der Waals surface area contributed by atoms with Gasteiger partial charge in [-0.15, -0.1) is 0 Å². The number of halogens is 1. The average molecular weight is 275 g/mol. The van der Waals surface area contributed by atoms with Crippen LogP contribution in [-0.2, 0) is 10.4 Å². The maximum Gasteiger partial charge on any atom is 0.283 e. The molecule has 0 bridgehead atoms. The van der Waals surface area contributed by atoms with Gasteiger partial charge in [0, 0.05) is 6.07 Å². The fourth-order valence-corrected chi connectivity index (χ4v) is 1.49. The molecular formula is C9H11BrN2O3. The maximum atomic E-state index is 10.7. The van der Waals surface area contributed by atoms with E-state index in [1.165, 1.54) is 6.07 Å². The normalized spacial score (nSPS) is 11.5. The molecule has 1 rings (SSSR count). The summed E-state index contributed by atoms with van der Waals surface area (Å²) in [5.74, 6) is 5.12. The minimum absolute atomic E-state index is 0.00220. The molecule has 0 unspecified atom stereocenters. The van der Waals surface area contributed by atoms with Crippen molar-refractivity contribution in [2.45, 2.75) is 19.4 Å². The van der Waals surface area contributed by atoms with Crippen LogP contribution in [0.4, 0.5) is 5.69 Å². The highest BCUT2D eigenvalue weighted by Crippen LogP contribution is 2.31. The minimum Gasteiger partial charge on any atom is -0.294 e. The molecule has 1 aromatic carbocycles. The smallest absolute Gasteiger partial charge is 0.283 e. The molecule has 0 fully saturated rings. The standard InChI is InChI=1S/C9H11BrN2O3/c1-9(2,15-11)6-3-4-7(10)8(5-6)12(13)14/h3-5H,11H2,1-2H3. The van der Waals surface area contributed by atoms with E-state index in [0.29, 0.717) is 10.0 Å². The molecule has 0 radical (unpaired) electrons. The first-order valence-electron chi connectivity index (χ1n) is 4.21. The van der Waals surface area contributed by atoms with Gasteiger partial charge in [-0.1, -0.05) is 6.07 Å². The number of nitrogens with two attached hydrogens (primary N) is 1. The molecular weight excluding hydrogens is 264 g/mol. The largest absolute Gasteiger partial charge is 0.294 e. The Morgan fingerprint density at radius 1 is 1.53 bits per heavy atom. The van der Waals surface area contributed by atoms with E-state index >= 15 is 0 Å². The number of nitro groups is 1. The number of hydrogen-bond donors (Lipinski definition) is 1. The highest BCUT2D eigenvalue weighted by Gasteiger charge is 2.24. The van der Waals surface area contributed by atoms with Crippen LogP contribution in [0.3, 0.4) is 0 Å². The van der Waals surface area contributed by atoms with Crippen LogP contribution >= 0.6 is 15.9 Å². The van der Waals surface area contributed by atoms with E-state index < -0.39 is 10.5 Å². The zero-order valence-electron chi connectivity index (χ0n) is 8.36. The van der Waals surface area contributed by atoms with Crippen molar-refractivity contribution >= 4 is 21.6 Å². The lowest BCUT2D eigenvalue weighted by molar-refractivity contribution is -0.385. The van der Waals surface area contributed by atoms with E-state index in [0.717, 1.165) is 0 Å². The van der Waals surface area contributed by atoms with E-state index in [-0.39, 0.29) is 5.69 Å². The van der Waals surface area contributed by atoms with Gasteiger partial charge in [0.1, 0.15) is 5.60 Å². The lowest BCUT2D eigenvalue weighted by Crippen LogP contribution is -2.25. The van der Waals surface area contributed by atoms with Crippen LogP contribution in [0, 0.1) is 10.1 Å². The van der Waals surface area contributed by atoms with Crippen molar-refractivity contribution in [1.29, 1.82) is 0 Å². The predicted molar refractivity (Wildman–Crippen MR) is 59.1 cm³/mol. The molecule has 6 heteroatoms. The molecule has 0 saturated carbocycles. The van der Waals surface area contributed by atoms with Crippen molar-refractivity contribution in [3.63, 3.8) is 0 Å². The lowest BCUT2D eigenvalue weighted by atomic mass is 9.98. The molecule has 0 heterocycles. The van der Waals surface area contributed by atoms with Crippen LogP contribution in [0.25, 0.3) is 0 Å². The summed E-state index contributed by atoms with van der Waals surface area (Å²) in [6.07, 6.45) is 0. The zero-order valence-corrected chi connectivity index (χ0v) is 9.95. The summed E-state index contributed by atoms with van der Waals surface area (Å²) >= 11 is 3.11. The summed E-state index contributed by atoms with van der Waals surface area (Å²) in [7, 11) is 0. The van der Waals surface area contributed by atoms with Crippen molar-refractivity contribution in [2.24, 2.45) is 5.90 Å². The Labute approximate surface area is 95.5 Å². The van der Waals surface area contributed by atoms with Crippen LogP contribution in [0.5, 0.6) is 0 Å². The second-order valence-corrected chi connectivity index (χ2v) is 4.41. The summed E-state index contributed by atoms with van der Waals surface area (Å²) in [4.78, 5) is 15.0. The van der Waals surface area contributed by atoms with Gasteiger partial charge in [0.25, 0.3) is 5.69 Å². The Kier molecular flexibility index (Phi) is 3.43. The number of rotatable bonds is 3. The van der Waals surface area contributed by atoms with Crippen molar-refractivity contribution in [3.05, 3.63) is 38.3 Å². The summed E-state index contributed by atoms with van der Waals surface area (Å²) in [5, 5.41) is 10.7. The van der Waals surface area contributed by atoms with Crippen LogP contribution in [0.15, 0.2) is 22.7 Å². The van der Waals surface area contributed by atoms with Gasteiger partial charge >= 0.3 is 0 Å². The number of hydrogen-bond acceptors (Lipinski definition) is 4. The molecule has 0 aliphatic carbocycles. The molecule has 0 atom stereocenters. The molecule has 0 aromatic heterocycles. The summed E-state index contributed by atoms with van der Waals surface area (Å²) < 4.78 is 0.434. The Hall–Kier alpha value is -0.980. The van der Waals surface area contributed by atoms with Crippen molar-refractivity contribution in [3.8, 4) is 0 Å². The first-order chi connectivity index (χ1) is 6.88. The van der Waals surface area contributed by atoms with E-state index in [1.807, 2.05) is 0 Å². The highest BCUT2D eigenvalue weighted by atomic mass is 79.9. The summed E-state index contributed by atoms with van der Waals surface area (Å²) in [5.41, 5.74) is -0.0941. The number of nitrogens with zero attached hydrogens (tertiary/aromatic N) is 1. The summed E-state index contributed by atoms with van der Waals surface area (Å²) in [6.45, 7) is 3.47. The van der Waals surface area contributed by atoms with E-state index in [4.69, 9.17) is 10.7 Å². The Bertz CT molecular complexity index is 393. The molecule has 0 saturated heterocycles. The molecule has 82 valence electrons. The van der Waals surface area contributed by atoms with Gasteiger partial charge in [0.2, 0.25) is 0 Å². The van der Waals surface area contributed by atoms with E-state index in [1.54, 1.807) is 26.0 Å². The fraction of sp³-hybridized carbons (Fsp3) is 0.333. The predicted octanol–water partition coefficient (Wildman–Crippen LogP) is 2.48. The fourth-order valence-electron chi connectivity index (χ4n) is 1.10. The van der Waals surface area contributed by atoms with E-state index in [9.17, 15) is 10.1 Å². The number of benzene rings is 1. The van der Waals surface area contributed by atoms with Gasteiger partial charge < -0.3 is 0 Å². The van der Waals surface area contributed by atoms with Gasteiger partial charge in [0.05, 0.1) is 9.40 Å². The first kappa shape index (κ1) is 12.1. The number of nitro benzene ring substituents is 1. The minimum atomic E-state index is -0.745. The third-order valence-electron chi connectivity index (χ3n) is 2.13. The second-order valence-electron chi connectivity index (χ2n) is 3.55. The Balaban J connectivity index is 3.25. The van der Waals surface area contributed by atoms with Crippen LogP contribution in [0.1, 0.15) is 19.4 Å². The molecule has 0 aliphatic rings. The SMILES string of the molecule is CC(C)(ON)c1ccc(Br)c([N+](=O)[O-])c1. The van der Waals surface area contributed by atoms with Gasteiger partial charge in [-0.2, -0.15) is 0 Å². The quantitative estimate of drug-likeness (QED) is 0.679. The molecule has 15 heavy (non-hydrogen) atoms. The monoisotopic (exact) mass is 274 g/mol. The van der Waals surface area contributed by atoms with Crippen molar-refractivity contribution in [1.82, 2.24) is 0 Å². The molecule has 2 N–H and O–H groups in total. The van der Waals surface area contributed by atoms with Crippen LogP contribution in [-0.4, -0.2) is 4.92 Å². The third-order valence-corrected chi connectivity index (χ3v) is 2.80.